The fraction of sp³-hybridized carbons (Fsp3) is 0.167. The predicted octanol–water partition coefficient (Wildman–Crippen LogP) is 1.90. The number of fused-ring (bicyclic) bond motifs is 1. The van der Waals surface area contributed by atoms with E-state index in [0.29, 0.717) is 22.2 Å². The van der Waals surface area contributed by atoms with Gasteiger partial charge in [0.25, 0.3) is 0 Å². The number of amides is 1. The number of ether oxygens (including phenoxy) is 2. The second-order valence-corrected chi connectivity index (χ2v) is 4.41. The van der Waals surface area contributed by atoms with Gasteiger partial charge in [0, 0.05) is 18.0 Å². The number of anilines is 1. The molecule has 1 N–H and O–H groups in total. The molecule has 1 aliphatic heterocycles. The molecule has 0 saturated heterocycles. The van der Waals surface area contributed by atoms with Crippen molar-refractivity contribution in [1.29, 1.82) is 0 Å². The molecule has 0 saturated carbocycles. The quantitative estimate of drug-likeness (QED) is 0.932. The summed E-state index contributed by atoms with van der Waals surface area (Å²) in [5.74, 6) is 1.11. The Labute approximate surface area is 113 Å². The molecule has 1 amide bonds. The number of nitrogens with zero attached hydrogens (tertiary/aromatic N) is 2. The molecule has 6 nitrogen and oxygen atoms in total. The molecule has 0 spiro atoms. The van der Waals surface area contributed by atoms with Gasteiger partial charge in [0.1, 0.15) is 6.54 Å². The van der Waals surface area contributed by atoms with Gasteiger partial charge >= 0.3 is 0 Å². The molecule has 1 aromatic carbocycles. The number of hydrogen-bond donors (Lipinski definition) is 1. The highest BCUT2D eigenvalue weighted by atomic mass is 35.5. The Morgan fingerprint density at radius 2 is 2.26 bits per heavy atom. The van der Waals surface area contributed by atoms with Crippen molar-refractivity contribution in [2.24, 2.45) is 0 Å². The standard InChI is InChI=1S/C12H10ClN3O3/c13-8-4-14-16(5-8)6-12(17)15-9-1-2-10-11(3-9)19-7-18-10/h1-5H,6-7H2,(H,15,17). The van der Waals surface area contributed by atoms with Crippen LogP contribution in [0.15, 0.2) is 30.6 Å². The minimum atomic E-state index is -0.196. The number of carbonyl (C=O) groups excluding carboxylic acids is 1. The molecule has 1 aliphatic rings. The Kier molecular flexibility index (Phi) is 3.00. The van der Waals surface area contributed by atoms with Crippen molar-refractivity contribution in [3.63, 3.8) is 0 Å². The highest BCUT2D eigenvalue weighted by Gasteiger charge is 2.14. The number of hydrogen-bond acceptors (Lipinski definition) is 4. The van der Waals surface area contributed by atoms with Crippen LogP contribution in [0.1, 0.15) is 0 Å². The van der Waals surface area contributed by atoms with Crippen molar-refractivity contribution < 1.29 is 14.3 Å². The van der Waals surface area contributed by atoms with Crippen LogP contribution < -0.4 is 14.8 Å². The summed E-state index contributed by atoms with van der Waals surface area (Å²) in [6.07, 6.45) is 3.07. The fourth-order valence-corrected chi connectivity index (χ4v) is 1.90. The Morgan fingerprint density at radius 3 is 3.05 bits per heavy atom. The SMILES string of the molecule is O=C(Cn1cc(Cl)cn1)Nc1ccc2c(c1)OCO2. The highest BCUT2D eigenvalue weighted by Crippen LogP contribution is 2.34. The first-order valence-corrected chi connectivity index (χ1v) is 5.96. The lowest BCUT2D eigenvalue weighted by Gasteiger charge is -2.06. The first-order chi connectivity index (χ1) is 9.20. The van der Waals surface area contributed by atoms with E-state index in [1.807, 2.05) is 0 Å². The molecule has 2 aromatic rings. The summed E-state index contributed by atoms with van der Waals surface area (Å²) in [4.78, 5) is 11.8. The van der Waals surface area contributed by atoms with Crippen LogP contribution in [0.4, 0.5) is 5.69 Å². The Morgan fingerprint density at radius 1 is 1.42 bits per heavy atom. The Bertz CT molecular complexity index is 626. The van der Waals surface area contributed by atoms with Crippen molar-refractivity contribution in [2.45, 2.75) is 6.54 Å². The minimum absolute atomic E-state index is 0.0984. The highest BCUT2D eigenvalue weighted by molar-refractivity contribution is 6.30. The molecule has 0 unspecified atom stereocenters. The first-order valence-electron chi connectivity index (χ1n) is 5.58. The van der Waals surface area contributed by atoms with Gasteiger partial charge in [-0.2, -0.15) is 5.10 Å². The van der Waals surface area contributed by atoms with Gasteiger partial charge in [-0.1, -0.05) is 11.6 Å². The van der Waals surface area contributed by atoms with Gasteiger partial charge in [0.2, 0.25) is 12.7 Å². The summed E-state index contributed by atoms with van der Waals surface area (Å²) < 4.78 is 11.9. The van der Waals surface area contributed by atoms with Gasteiger partial charge in [0.05, 0.1) is 11.2 Å². The first kappa shape index (κ1) is 11.9. The number of carbonyl (C=O) groups is 1. The van der Waals surface area contributed by atoms with E-state index in [4.69, 9.17) is 21.1 Å². The zero-order valence-electron chi connectivity index (χ0n) is 9.80. The third-order valence-corrected chi connectivity index (χ3v) is 2.76. The van der Waals surface area contributed by atoms with Crippen molar-refractivity contribution in [1.82, 2.24) is 9.78 Å². The number of aromatic nitrogens is 2. The van der Waals surface area contributed by atoms with Gasteiger partial charge in [-0.15, -0.1) is 0 Å². The summed E-state index contributed by atoms with van der Waals surface area (Å²) in [5.41, 5.74) is 0.646. The van der Waals surface area contributed by atoms with E-state index in [-0.39, 0.29) is 19.2 Å². The number of benzene rings is 1. The third kappa shape index (κ3) is 2.63. The van der Waals surface area contributed by atoms with Crippen molar-refractivity contribution in [2.75, 3.05) is 12.1 Å². The van der Waals surface area contributed by atoms with E-state index in [1.54, 1.807) is 24.4 Å². The largest absolute Gasteiger partial charge is 0.454 e. The van der Waals surface area contributed by atoms with Crippen LogP contribution in [0.5, 0.6) is 11.5 Å². The van der Waals surface area contributed by atoms with Gasteiger partial charge in [-0.05, 0) is 12.1 Å². The predicted molar refractivity (Wildman–Crippen MR) is 68.4 cm³/mol. The van der Waals surface area contributed by atoms with Gasteiger partial charge in [0.15, 0.2) is 11.5 Å². The zero-order valence-corrected chi connectivity index (χ0v) is 10.6. The molecule has 0 fully saturated rings. The van der Waals surface area contributed by atoms with Gasteiger partial charge in [-0.25, -0.2) is 0 Å². The molecule has 0 radical (unpaired) electrons. The second-order valence-electron chi connectivity index (χ2n) is 3.97. The lowest BCUT2D eigenvalue weighted by molar-refractivity contribution is -0.116. The molecule has 0 aliphatic carbocycles. The van der Waals surface area contributed by atoms with Crippen LogP contribution in [-0.2, 0) is 11.3 Å². The second kappa shape index (κ2) is 4.81. The lowest BCUT2D eigenvalue weighted by Crippen LogP contribution is -2.18. The van der Waals surface area contributed by atoms with Crippen molar-refractivity contribution >= 4 is 23.2 Å². The van der Waals surface area contributed by atoms with Crippen molar-refractivity contribution in [3.8, 4) is 11.5 Å². The van der Waals surface area contributed by atoms with E-state index in [2.05, 4.69) is 10.4 Å². The average molecular weight is 280 g/mol. The van der Waals surface area contributed by atoms with Crippen LogP contribution >= 0.6 is 11.6 Å². The maximum absolute atomic E-state index is 11.8. The summed E-state index contributed by atoms with van der Waals surface area (Å²) in [7, 11) is 0. The van der Waals surface area contributed by atoms with Crippen LogP contribution in [0.3, 0.4) is 0 Å². The van der Waals surface area contributed by atoms with E-state index < -0.39 is 0 Å². The topological polar surface area (TPSA) is 65.4 Å². The number of nitrogens with one attached hydrogen (secondary N) is 1. The average Bonchev–Trinajstić information content (AvgIpc) is 2.97. The number of rotatable bonds is 3. The Hall–Kier alpha value is -2.21. The minimum Gasteiger partial charge on any atom is -0.454 e. The zero-order chi connectivity index (χ0) is 13.2. The van der Waals surface area contributed by atoms with Crippen LogP contribution in [0.2, 0.25) is 5.02 Å². The molecule has 0 atom stereocenters. The van der Waals surface area contributed by atoms with Gasteiger partial charge < -0.3 is 14.8 Å². The molecule has 19 heavy (non-hydrogen) atoms. The lowest BCUT2D eigenvalue weighted by atomic mass is 10.3. The summed E-state index contributed by atoms with van der Waals surface area (Å²) in [5, 5.41) is 7.18. The fourth-order valence-electron chi connectivity index (χ4n) is 1.75. The van der Waals surface area contributed by atoms with E-state index >= 15 is 0 Å². The maximum Gasteiger partial charge on any atom is 0.246 e. The smallest absolute Gasteiger partial charge is 0.246 e. The summed E-state index contributed by atoms with van der Waals surface area (Å²) >= 11 is 5.72. The molecule has 3 rings (SSSR count). The van der Waals surface area contributed by atoms with E-state index in [1.165, 1.54) is 10.9 Å². The van der Waals surface area contributed by atoms with Crippen LogP contribution in [0, 0.1) is 0 Å². The monoisotopic (exact) mass is 279 g/mol. The molecule has 98 valence electrons. The molecular formula is C12H10ClN3O3. The molecule has 1 aromatic heterocycles. The third-order valence-electron chi connectivity index (χ3n) is 2.56. The van der Waals surface area contributed by atoms with Crippen LogP contribution in [0.25, 0.3) is 0 Å². The normalized spacial score (nSPS) is 12.5. The molecule has 7 heteroatoms. The Balaban J connectivity index is 1.66. The van der Waals surface area contributed by atoms with Gasteiger partial charge in [-0.3, -0.25) is 9.48 Å². The van der Waals surface area contributed by atoms with E-state index in [0.717, 1.165) is 0 Å². The molecular weight excluding hydrogens is 270 g/mol. The van der Waals surface area contributed by atoms with Crippen LogP contribution in [-0.4, -0.2) is 22.5 Å². The number of halogens is 1. The maximum atomic E-state index is 11.8. The molecule has 0 bridgehead atoms. The summed E-state index contributed by atoms with van der Waals surface area (Å²) in [6.45, 7) is 0.305. The van der Waals surface area contributed by atoms with E-state index in [9.17, 15) is 4.79 Å². The summed E-state index contributed by atoms with van der Waals surface area (Å²) in [6, 6.07) is 5.22. The van der Waals surface area contributed by atoms with Crippen molar-refractivity contribution in [3.05, 3.63) is 35.6 Å². The molecule has 2 heterocycles.